The molecule has 0 unspecified atom stereocenters. The third kappa shape index (κ3) is 1.70. The lowest BCUT2D eigenvalue weighted by Gasteiger charge is -2.10. The molecule has 86 valence electrons. The van der Waals surface area contributed by atoms with Gasteiger partial charge in [0.1, 0.15) is 17.6 Å². The Morgan fingerprint density at radius 1 is 1.29 bits per heavy atom. The number of nitrogens with zero attached hydrogens (tertiary/aromatic N) is 2. The molecule has 0 spiro atoms. The molecule has 17 heavy (non-hydrogen) atoms. The highest BCUT2D eigenvalue weighted by molar-refractivity contribution is 5.98. The molecule has 5 heteroatoms. The summed E-state index contributed by atoms with van der Waals surface area (Å²) >= 11 is 0. The third-order valence-corrected chi connectivity index (χ3v) is 2.52. The number of fused-ring (bicyclic) bond motifs is 1. The summed E-state index contributed by atoms with van der Waals surface area (Å²) in [6.07, 6.45) is 1.44. The van der Waals surface area contributed by atoms with Crippen LogP contribution in [0.4, 0.5) is 5.69 Å². The standard InChI is InChI=1S/C12H11N3O2/c1-16-8-3-9-11(10(4-8)17-2)12(14)7(5-13)6-15-9/h3-4,6H,1-2H3,(H2,14,15). The van der Waals surface area contributed by atoms with Crippen molar-refractivity contribution in [3.05, 3.63) is 23.9 Å². The smallest absolute Gasteiger partial charge is 0.134 e. The fraction of sp³-hybridized carbons (Fsp3) is 0.167. The number of nitriles is 1. The van der Waals surface area contributed by atoms with Crippen LogP contribution in [0, 0.1) is 11.3 Å². The van der Waals surface area contributed by atoms with Gasteiger partial charge in [0.15, 0.2) is 0 Å². The lowest BCUT2D eigenvalue weighted by molar-refractivity contribution is 0.398. The highest BCUT2D eigenvalue weighted by Gasteiger charge is 2.12. The molecule has 2 rings (SSSR count). The zero-order valence-corrected chi connectivity index (χ0v) is 9.52. The molecule has 1 heterocycles. The van der Waals surface area contributed by atoms with Gasteiger partial charge in [0.2, 0.25) is 0 Å². The first-order chi connectivity index (χ1) is 8.21. The van der Waals surface area contributed by atoms with Crippen LogP contribution in [-0.4, -0.2) is 19.2 Å². The molecule has 1 aromatic carbocycles. The van der Waals surface area contributed by atoms with Crippen molar-refractivity contribution >= 4 is 16.6 Å². The minimum Gasteiger partial charge on any atom is -0.497 e. The average Bonchev–Trinajstić information content (AvgIpc) is 2.37. The predicted molar refractivity (Wildman–Crippen MR) is 64.0 cm³/mol. The van der Waals surface area contributed by atoms with E-state index in [1.807, 2.05) is 6.07 Å². The van der Waals surface area contributed by atoms with Crippen molar-refractivity contribution in [3.8, 4) is 17.6 Å². The zero-order chi connectivity index (χ0) is 12.4. The van der Waals surface area contributed by atoms with E-state index in [2.05, 4.69) is 4.98 Å². The minimum atomic E-state index is 0.334. The molecule has 0 saturated carbocycles. The van der Waals surface area contributed by atoms with E-state index in [-0.39, 0.29) is 0 Å². The summed E-state index contributed by atoms with van der Waals surface area (Å²) in [6, 6.07) is 5.45. The van der Waals surface area contributed by atoms with Crippen LogP contribution in [0.25, 0.3) is 10.9 Å². The number of aromatic nitrogens is 1. The van der Waals surface area contributed by atoms with Crippen molar-refractivity contribution in [2.24, 2.45) is 0 Å². The van der Waals surface area contributed by atoms with Crippen LogP contribution in [-0.2, 0) is 0 Å². The Morgan fingerprint density at radius 2 is 2.06 bits per heavy atom. The number of ether oxygens (including phenoxy) is 2. The molecule has 0 fully saturated rings. The van der Waals surface area contributed by atoms with Crippen LogP contribution in [0.3, 0.4) is 0 Å². The van der Waals surface area contributed by atoms with Crippen molar-refractivity contribution in [2.75, 3.05) is 20.0 Å². The highest BCUT2D eigenvalue weighted by atomic mass is 16.5. The van der Waals surface area contributed by atoms with Crippen LogP contribution in [0.5, 0.6) is 11.5 Å². The topological polar surface area (TPSA) is 81.2 Å². The van der Waals surface area contributed by atoms with Crippen LogP contribution < -0.4 is 15.2 Å². The van der Waals surface area contributed by atoms with Gasteiger partial charge in [-0.3, -0.25) is 4.98 Å². The summed E-state index contributed by atoms with van der Waals surface area (Å²) in [5.74, 6) is 1.17. The number of anilines is 1. The van der Waals surface area contributed by atoms with Gasteiger partial charge in [0, 0.05) is 18.3 Å². The molecule has 2 N–H and O–H groups in total. The molecule has 2 aromatic rings. The van der Waals surface area contributed by atoms with Crippen LogP contribution in [0.2, 0.25) is 0 Å². The first-order valence-electron chi connectivity index (χ1n) is 4.91. The van der Waals surface area contributed by atoms with Gasteiger partial charge >= 0.3 is 0 Å². The molecule has 0 aliphatic heterocycles. The number of nitrogen functional groups attached to an aromatic ring is 1. The highest BCUT2D eigenvalue weighted by Crippen LogP contribution is 2.35. The maximum absolute atomic E-state index is 8.91. The summed E-state index contributed by atoms with van der Waals surface area (Å²) in [6.45, 7) is 0. The number of hydrogen-bond acceptors (Lipinski definition) is 5. The average molecular weight is 229 g/mol. The van der Waals surface area contributed by atoms with Crippen LogP contribution in [0.1, 0.15) is 5.56 Å². The molecular formula is C12H11N3O2. The van der Waals surface area contributed by atoms with E-state index in [1.165, 1.54) is 13.3 Å². The van der Waals surface area contributed by atoms with Gasteiger partial charge < -0.3 is 15.2 Å². The summed E-state index contributed by atoms with van der Waals surface area (Å²) in [7, 11) is 3.10. The number of rotatable bonds is 2. The van der Waals surface area contributed by atoms with Gasteiger partial charge in [-0.1, -0.05) is 0 Å². The van der Waals surface area contributed by atoms with Gasteiger partial charge in [-0.2, -0.15) is 5.26 Å². The molecule has 0 atom stereocenters. The summed E-state index contributed by atoms with van der Waals surface area (Å²) in [5, 5.41) is 9.54. The monoisotopic (exact) mass is 229 g/mol. The largest absolute Gasteiger partial charge is 0.497 e. The van der Waals surface area contributed by atoms with Crippen LogP contribution >= 0.6 is 0 Å². The van der Waals surface area contributed by atoms with Crippen molar-refractivity contribution in [1.29, 1.82) is 5.26 Å². The molecule has 0 saturated heterocycles. The molecule has 0 bridgehead atoms. The van der Waals surface area contributed by atoms with Crippen molar-refractivity contribution < 1.29 is 9.47 Å². The second-order valence-corrected chi connectivity index (χ2v) is 3.42. The number of nitrogens with two attached hydrogens (primary N) is 1. The Bertz CT molecular complexity index is 617. The normalized spacial score (nSPS) is 9.94. The lowest BCUT2D eigenvalue weighted by atomic mass is 10.1. The number of benzene rings is 1. The van der Waals surface area contributed by atoms with E-state index in [1.54, 1.807) is 19.2 Å². The Morgan fingerprint density at radius 3 is 2.65 bits per heavy atom. The predicted octanol–water partition coefficient (Wildman–Crippen LogP) is 1.71. The van der Waals surface area contributed by atoms with Crippen LogP contribution in [0.15, 0.2) is 18.3 Å². The van der Waals surface area contributed by atoms with Crippen molar-refractivity contribution in [3.63, 3.8) is 0 Å². The third-order valence-electron chi connectivity index (χ3n) is 2.52. The van der Waals surface area contributed by atoms with Gasteiger partial charge in [-0.25, -0.2) is 0 Å². The molecule has 5 nitrogen and oxygen atoms in total. The molecule has 0 radical (unpaired) electrons. The van der Waals surface area contributed by atoms with E-state index in [4.69, 9.17) is 20.5 Å². The van der Waals surface area contributed by atoms with Crippen molar-refractivity contribution in [1.82, 2.24) is 4.98 Å². The Labute approximate surface area is 98.4 Å². The molecule has 1 aromatic heterocycles. The minimum absolute atomic E-state index is 0.334. The summed E-state index contributed by atoms with van der Waals surface area (Å²) in [4.78, 5) is 4.17. The summed E-state index contributed by atoms with van der Waals surface area (Å²) < 4.78 is 10.4. The molecule has 0 aliphatic rings. The van der Waals surface area contributed by atoms with E-state index < -0.39 is 0 Å². The first-order valence-corrected chi connectivity index (χ1v) is 4.91. The second-order valence-electron chi connectivity index (χ2n) is 3.42. The first kappa shape index (κ1) is 11.0. The lowest BCUT2D eigenvalue weighted by Crippen LogP contribution is -1.97. The number of pyridine rings is 1. The molecular weight excluding hydrogens is 218 g/mol. The van der Waals surface area contributed by atoms with E-state index >= 15 is 0 Å². The van der Waals surface area contributed by atoms with Crippen molar-refractivity contribution in [2.45, 2.75) is 0 Å². The Kier molecular flexibility index (Phi) is 2.71. The van der Waals surface area contributed by atoms with Gasteiger partial charge in [0.05, 0.1) is 36.4 Å². The number of hydrogen-bond donors (Lipinski definition) is 1. The zero-order valence-electron chi connectivity index (χ0n) is 9.52. The Hall–Kier alpha value is -2.48. The van der Waals surface area contributed by atoms with Gasteiger partial charge in [0.25, 0.3) is 0 Å². The van der Waals surface area contributed by atoms with E-state index in [0.717, 1.165) is 0 Å². The van der Waals surface area contributed by atoms with Gasteiger partial charge in [-0.05, 0) is 0 Å². The number of methoxy groups -OCH3 is 2. The Balaban J connectivity index is 2.86. The summed E-state index contributed by atoms with van der Waals surface area (Å²) in [5.41, 5.74) is 7.26. The fourth-order valence-corrected chi connectivity index (χ4v) is 1.65. The molecule has 0 aliphatic carbocycles. The van der Waals surface area contributed by atoms with E-state index in [0.29, 0.717) is 33.7 Å². The molecule has 0 amide bonds. The van der Waals surface area contributed by atoms with E-state index in [9.17, 15) is 0 Å². The second kappa shape index (κ2) is 4.18. The maximum atomic E-state index is 8.91. The maximum Gasteiger partial charge on any atom is 0.134 e. The SMILES string of the molecule is COc1cc(OC)c2c(N)c(C#N)cnc2c1. The fourth-order valence-electron chi connectivity index (χ4n) is 1.65. The quantitative estimate of drug-likeness (QED) is 0.847. The van der Waals surface area contributed by atoms with Gasteiger partial charge in [-0.15, -0.1) is 0 Å².